The number of aldehydes is 1. The molecule has 0 atom stereocenters. The SMILES string of the molecule is O=Cc1cc(SCC(=O)O)c2ccccc2c1O. The van der Waals surface area contributed by atoms with Crippen LogP contribution >= 0.6 is 11.8 Å². The van der Waals surface area contributed by atoms with Gasteiger partial charge in [-0.15, -0.1) is 11.8 Å². The second-order valence-corrected chi connectivity index (χ2v) is 4.68. The number of carbonyl (C=O) groups excluding carboxylic acids is 1. The summed E-state index contributed by atoms with van der Waals surface area (Å²) in [4.78, 5) is 22.1. The van der Waals surface area contributed by atoms with Gasteiger partial charge in [-0.05, 0) is 11.5 Å². The van der Waals surface area contributed by atoms with Gasteiger partial charge in [-0.25, -0.2) is 0 Å². The first-order chi connectivity index (χ1) is 8.63. The molecule has 0 spiro atoms. The van der Waals surface area contributed by atoms with E-state index in [1.54, 1.807) is 24.3 Å². The van der Waals surface area contributed by atoms with Crippen molar-refractivity contribution in [2.45, 2.75) is 4.90 Å². The van der Waals surface area contributed by atoms with Crippen LogP contribution in [0.5, 0.6) is 5.75 Å². The number of carboxylic acids is 1. The molecule has 0 aromatic heterocycles. The van der Waals surface area contributed by atoms with Crippen molar-refractivity contribution in [2.24, 2.45) is 0 Å². The Hall–Kier alpha value is -2.01. The Morgan fingerprint density at radius 2 is 1.94 bits per heavy atom. The maximum atomic E-state index is 10.9. The van der Waals surface area contributed by atoms with Crippen LogP contribution in [-0.4, -0.2) is 28.2 Å². The molecule has 0 bridgehead atoms. The highest BCUT2D eigenvalue weighted by atomic mass is 32.2. The van der Waals surface area contributed by atoms with Gasteiger partial charge in [0.25, 0.3) is 0 Å². The third-order valence-electron chi connectivity index (χ3n) is 2.49. The predicted octanol–water partition coefficient (Wildman–Crippen LogP) is 2.53. The highest BCUT2D eigenvalue weighted by Gasteiger charge is 2.11. The maximum Gasteiger partial charge on any atom is 0.313 e. The Labute approximate surface area is 107 Å². The molecule has 92 valence electrons. The quantitative estimate of drug-likeness (QED) is 0.654. The van der Waals surface area contributed by atoms with Crippen molar-refractivity contribution < 1.29 is 19.8 Å². The van der Waals surface area contributed by atoms with Crippen LogP contribution < -0.4 is 0 Å². The molecule has 18 heavy (non-hydrogen) atoms. The Bertz CT molecular complexity index is 622. The van der Waals surface area contributed by atoms with Crippen molar-refractivity contribution >= 4 is 34.8 Å². The summed E-state index contributed by atoms with van der Waals surface area (Å²) in [5.41, 5.74) is 0.168. The summed E-state index contributed by atoms with van der Waals surface area (Å²) in [6, 6.07) is 8.55. The number of benzene rings is 2. The van der Waals surface area contributed by atoms with Gasteiger partial charge in [0.1, 0.15) is 5.75 Å². The minimum Gasteiger partial charge on any atom is -0.507 e. The molecule has 0 saturated heterocycles. The predicted molar refractivity (Wildman–Crippen MR) is 69.4 cm³/mol. The minimum atomic E-state index is -0.926. The number of rotatable bonds is 4. The lowest BCUT2D eigenvalue weighted by Gasteiger charge is -2.09. The van der Waals surface area contributed by atoms with Crippen molar-refractivity contribution in [3.05, 3.63) is 35.9 Å². The first kappa shape index (κ1) is 12.4. The lowest BCUT2D eigenvalue weighted by molar-refractivity contribution is -0.133. The van der Waals surface area contributed by atoms with Gasteiger partial charge in [-0.3, -0.25) is 9.59 Å². The maximum absolute atomic E-state index is 10.9. The van der Waals surface area contributed by atoms with Crippen LogP contribution in [0.25, 0.3) is 10.8 Å². The molecule has 0 unspecified atom stereocenters. The monoisotopic (exact) mass is 262 g/mol. The van der Waals surface area contributed by atoms with Gasteiger partial charge in [-0.1, -0.05) is 24.3 Å². The first-order valence-corrected chi connectivity index (χ1v) is 6.16. The van der Waals surface area contributed by atoms with E-state index in [-0.39, 0.29) is 17.1 Å². The smallest absolute Gasteiger partial charge is 0.313 e. The topological polar surface area (TPSA) is 74.6 Å². The van der Waals surface area contributed by atoms with Crippen molar-refractivity contribution in [1.82, 2.24) is 0 Å². The molecular formula is C13H10O4S. The molecular weight excluding hydrogens is 252 g/mol. The summed E-state index contributed by atoms with van der Waals surface area (Å²) in [5.74, 6) is -1.09. The fourth-order valence-electron chi connectivity index (χ4n) is 1.70. The molecule has 0 amide bonds. The number of fused-ring (bicyclic) bond motifs is 1. The molecule has 0 radical (unpaired) electrons. The minimum absolute atomic E-state index is 0.0692. The molecule has 2 rings (SSSR count). The summed E-state index contributed by atoms with van der Waals surface area (Å²) < 4.78 is 0. The van der Waals surface area contributed by atoms with Crippen LogP contribution in [-0.2, 0) is 4.79 Å². The van der Waals surface area contributed by atoms with Crippen LogP contribution in [0.3, 0.4) is 0 Å². The zero-order valence-corrected chi connectivity index (χ0v) is 10.1. The summed E-state index contributed by atoms with van der Waals surface area (Å²) in [6.07, 6.45) is 0.562. The molecule has 0 heterocycles. The summed E-state index contributed by atoms with van der Waals surface area (Å²) in [6.45, 7) is 0. The molecule has 5 heteroatoms. The van der Waals surface area contributed by atoms with Crippen LogP contribution in [0.2, 0.25) is 0 Å². The average molecular weight is 262 g/mol. The zero-order chi connectivity index (χ0) is 13.1. The lowest BCUT2D eigenvalue weighted by atomic mass is 10.1. The summed E-state index contributed by atoms with van der Waals surface area (Å²) in [5, 5.41) is 19.9. The molecule has 4 nitrogen and oxygen atoms in total. The Kier molecular flexibility index (Phi) is 3.53. The van der Waals surface area contributed by atoms with Crippen molar-refractivity contribution in [1.29, 1.82) is 0 Å². The van der Waals surface area contributed by atoms with Crippen LogP contribution in [0.4, 0.5) is 0 Å². The fourth-order valence-corrected chi connectivity index (χ4v) is 2.52. The van der Waals surface area contributed by atoms with Gasteiger partial charge < -0.3 is 10.2 Å². The number of aliphatic carboxylic acids is 1. The number of carbonyl (C=O) groups is 2. The first-order valence-electron chi connectivity index (χ1n) is 5.18. The van der Waals surface area contributed by atoms with Gasteiger partial charge in [-0.2, -0.15) is 0 Å². The molecule has 0 aliphatic rings. The van der Waals surface area contributed by atoms with Gasteiger partial charge in [0.15, 0.2) is 6.29 Å². The number of thioether (sulfide) groups is 1. The molecule has 0 aliphatic heterocycles. The van der Waals surface area contributed by atoms with Gasteiger partial charge >= 0.3 is 5.97 Å². The molecule has 0 saturated carbocycles. The Morgan fingerprint density at radius 3 is 2.56 bits per heavy atom. The van der Waals surface area contributed by atoms with Crippen LogP contribution in [0.15, 0.2) is 35.2 Å². The standard InChI is InChI=1S/C13H10O4S/c14-6-8-5-11(18-7-12(15)16)9-3-1-2-4-10(9)13(8)17/h1-6,17H,7H2,(H,15,16). The van der Waals surface area contributed by atoms with E-state index in [9.17, 15) is 14.7 Å². The molecule has 2 N–H and O–H groups in total. The van der Waals surface area contributed by atoms with E-state index in [0.29, 0.717) is 16.6 Å². The second kappa shape index (κ2) is 5.10. The number of aromatic hydroxyl groups is 1. The van der Waals surface area contributed by atoms with E-state index in [2.05, 4.69) is 0 Å². The Morgan fingerprint density at radius 1 is 1.28 bits per heavy atom. The van der Waals surface area contributed by atoms with E-state index >= 15 is 0 Å². The second-order valence-electron chi connectivity index (χ2n) is 3.66. The number of phenolic OH excluding ortho intramolecular Hbond substituents is 1. The molecule has 0 fully saturated rings. The number of carboxylic acid groups (broad SMARTS) is 1. The Balaban J connectivity index is 2.60. The highest BCUT2D eigenvalue weighted by molar-refractivity contribution is 8.00. The molecule has 2 aromatic carbocycles. The van der Waals surface area contributed by atoms with E-state index in [1.807, 2.05) is 0 Å². The van der Waals surface area contributed by atoms with Gasteiger partial charge in [0, 0.05) is 10.3 Å². The number of hydrogen-bond acceptors (Lipinski definition) is 4. The summed E-state index contributed by atoms with van der Waals surface area (Å²) in [7, 11) is 0. The number of phenols is 1. The normalized spacial score (nSPS) is 10.4. The van der Waals surface area contributed by atoms with Crippen LogP contribution in [0, 0.1) is 0 Å². The van der Waals surface area contributed by atoms with E-state index in [1.165, 1.54) is 6.07 Å². The van der Waals surface area contributed by atoms with Crippen molar-refractivity contribution in [3.8, 4) is 5.75 Å². The lowest BCUT2D eigenvalue weighted by Crippen LogP contribution is -1.98. The van der Waals surface area contributed by atoms with Gasteiger partial charge in [0.05, 0.1) is 11.3 Å². The third-order valence-corrected chi connectivity index (χ3v) is 3.53. The van der Waals surface area contributed by atoms with E-state index in [0.717, 1.165) is 17.1 Å². The molecule has 0 aliphatic carbocycles. The number of hydrogen-bond donors (Lipinski definition) is 2. The van der Waals surface area contributed by atoms with E-state index < -0.39 is 5.97 Å². The van der Waals surface area contributed by atoms with Crippen molar-refractivity contribution in [2.75, 3.05) is 5.75 Å². The van der Waals surface area contributed by atoms with Crippen LogP contribution in [0.1, 0.15) is 10.4 Å². The highest BCUT2D eigenvalue weighted by Crippen LogP contribution is 2.35. The third kappa shape index (κ3) is 2.31. The zero-order valence-electron chi connectivity index (χ0n) is 9.29. The fraction of sp³-hybridized carbons (Fsp3) is 0.0769. The van der Waals surface area contributed by atoms with Gasteiger partial charge in [0.2, 0.25) is 0 Å². The molecule has 2 aromatic rings. The van der Waals surface area contributed by atoms with Crippen molar-refractivity contribution in [3.63, 3.8) is 0 Å². The summed E-state index contributed by atoms with van der Waals surface area (Å²) >= 11 is 1.13. The van der Waals surface area contributed by atoms with E-state index in [4.69, 9.17) is 5.11 Å². The average Bonchev–Trinajstić information content (AvgIpc) is 2.38. The largest absolute Gasteiger partial charge is 0.507 e.